The molecule has 4 rings (SSSR count). The van der Waals surface area contributed by atoms with Gasteiger partial charge in [-0.3, -0.25) is 14.6 Å². The van der Waals surface area contributed by atoms with E-state index in [-0.39, 0.29) is 11.8 Å². The summed E-state index contributed by atoms with van der Waals surface area (Å²) in [5, 5.41) is 0.869. The van der Waals surface area contributed by atoms with Crippen molar-refractivity contribution in [1.82, 2.24) is 4.98 Å². The molecular weight excluding hydrogens is 292 g/mol. The Balaban J connectivity index is 1.86. The van der Waals surface area contributed by atoms with Crippen molar-refractivity contribution in [2.75, 3.05) is 12.0 Å². The number of imide groups is 1. The molecule has 0 atom stereocenters. The van der Waals surface area contributed by atoms with E-state index in [4.69, 9.17) is 4.74 Å². The predicted molar refractivity (Wildman–Crippen MR) is 85.9 cm³/mol. The summed E-state index contributed by atoms with van der Waals surface area (Å²) < 4.78 is 5.21. The van der Waals surface area contributed by atoms with Crippen LogP contribution >= 0.6 is 0 Å². The summed E-state index contributed by atoms with van der Waals surface area (Å²) >= 11 is 0. The first-order valence-electron chi connectivity index (χ1n) is 7.11. The van der Waals surface area contributed by atoms with Gasteiger partial charge in [-0.2, -0.15) is 0 Å². The van der Waals surface area contributed by atoms with Crippen molar-refractivity contribution in [1.29, 1.82) is 0 Å². The summed E-state index contributed by atoms with van der Waals surface area (Å²) in [5.74, 6) is -0.349. The molecule has 0 aliphatic carbocycles. The van der Waals surface area contributed by atoms with Gasteiger partial charge in [-0.1, -0.05) is 24.3 Å². The number of methoxy groups -OCH3 is 1. The molecule has 5 nitrogen and oxygen atoms in total. The fraction of sp³-hybridized carbons (Fsp3) is 0.0556. The van der Waals surface area contributed by atoms with Crippen LogP contribution in [0.2, 0.25) is 0 Å². The molecule has 0 saturated carbocycles. The molecule has 0 N–H and O–H groups in total. The molecule has 112 valence electrons. The molecule has 1 aliphatic rings. The Morgan fingerprint density at radius 3 is 2.65 bits per heavy atom. The van der Waals surface area contributed by atoms with Crippen molar-refractivity contribution in [3.05, 3.63) is 65.9 Å². The van der Waals surface area contributed by atoms with E-state index in [0.29, 0.717) is 22.6 Å². The molecule has 1 aliphatic heterocycles. The molecule has 0 unspecified atom stereocenters. The monoisotopic (exact) mass is 304 g/mol. The third-order valence-corrected chi connectivity index (χ3v) is 3.93. The number of benzene rings is 2. The first-order chi connectivity index (χ1) is 11.2. The number of para-hydroxylation sites is 1. The number of amides is 2. The number of hydrogen-bond donors (Lipinski definition) is 0. The minimum Gasteiger partial charge on any atom is -0.496 e. The Kier molecular flexibility index (Phi) is 2.87. The van der Waals surface area contributed by atoms with E-state index in [2.05, 4.69) is 4.98 Å². The largest absolute Gasteiger partial charge is 0.496 e. The maximum absolute atomic E-state index is 12.7. The Morgan fingerprint density at radius 2 is 1.83 bits per heavy atom. The van der Waals surface area contributed by atoms with Crippen molar-refractivity contribution in [3.63, 3.8) is 0 Å². The minimum atomic E-state index is -0.389. The normalized spacial score (nSPS) is 13.5. The van der Waals surface area contributed by atoms with Gasteiger partial charge >= 0.3 is 0 Å². The quantitative estimate of drug-likeness (QED) is 0.683. The zero-order valence-electron chi connectivity index (χ0n) is 12.3. The molecule has 23 heavy (non-hydrogen) atoms. The lowest BCUT2D eigenvalue weighted by atomic mass is 10.1. The van der Waals surface area contributed by atoms with Crippen LogP contribution in [0.4, 0.5) is 5.69 Å². The van der Waals surface area contributed by atoms with Gasteiger partial charge in [-0.15, -0.1) is 0 Å². The van der Waals surface area contributed by atoms with Crippen LogP contribution in [0.1, 0.15) is 20.7 Å². The van der Waals surface area contributed by atoms with Gasteiger partial charge in [-0.05, 0) is 24.3 Å². The summed E-state index contributed by atoms with van der Waals surface area (Å²) in [6, 6.07) is 14.3. The van der Waals surface area contributed by atoms with Crippen molar-refractivity contribution < 1.29 is 14.3 Å². The van der Waals surface area contributed by atoms with Gasteiger partial charge in [0.25, 0.3) is 11.8 Å². The lowest BCUT2D eigenvalue weighted by Gasteiger charge is -2.14. The Morgan fingerprint density at radius 1 is 1.00 bits per heavy atom. The first kappa shape index (κ1) is 13.5. The van der Waals surface area contributed by atoms with Gasteiger partial charge in [0.2, 0.25) is 0 Å². The Hall–Kier alpha value is -3.21. The van der Waals surface area contributed by atoms with E-state index in [0.717, 1.165) is 15.8 Å². The van der Waals surface area contributed by atoms with Crippen LogP contribution in [-0.4, -0.2) is 23.9 Å². The van der Waals surface area contributed by atoms with E-state index >= 15 is 0 Å². The smallest absolute Gasteiger partial charge is 0.269 e. The maximum Gasteiger partial charge on any atom is 0.269 e. The van der Waals surface area contributed by atoms with Gasteiger partial charge in [0.05, 0.1) is 35.6 Å². The standard InChI is InChI=1S/C18H12N2O3/c1-23-15-8-4-6-13-16(15)18(22)20(17(13)21)12-9-11-5-2-3-7-14(11)19-10-12/h2-10H,1H3. The molecule has 0 fully saturated rings. The number of aromatic nitrogens is 1. The van der Waals surface area contributed by atoms with Gasteiger partial charge in [0.1, 0.15) is 5.75 Å². The summed E-state index contributed by atoms with van der Waals surface area (Å²) in [7, 11) is 1.48. The zero-order valence-corrected chi connectivity index (χ0v) is 12.3. The third-order valence-electron chi connectivity index (χ3n) is 3.93. The fourth-order valence-electron chi connectivity index (χ4n) is 2.84. The number of rotatable bonds is 2. The van der Waals surface area contributed by atoms with Gasteiger partial charge < -0.3 is 4.74 Å². The molecule has 1 aromatic heterocycles. The number of carbonyl (C=O) groups is 2. The number of nitrogens with zero attached hydrogens (tertiary/aromatic N) is 2. The Bertz CT molecular complexity index is 965. The highest BCUT2D eigenvalue weighted by atomic mass is 16.5. The number of pyridine rings is 1. The lowest BCUT2D eigenvalue weighted by molar-refractivity contribution is 0.0925. The molecular formula is C18H12N2O3. The molecule has 0 radical (unpaired) electrons. The average molecular weight is 304 g/mol. The van der Waals surface area contributed by atoms with Gasteiger partial charge in [0.15, 0.2) is 0 Å². The predicted octanol–water partition coefficient (Wildman–Crippen LogP) is 3.04. The Labute approximate surface area is 132 Å². The second kappa shape index (κ2) is 4.91. The number of ether oxygens (including phenoxy) is 1. The molecule has 3 aromatic rings. The summed E-state index contributed by atoms with van der Waals surface area (Å²) in [4.78, 5) is 30.8. The molecule has 2 aromatic carbocycles. The van der Waals surface area contributed by atoms with Crippen LogP contribution in [0.25, 0.3) is 10.9 Å². The molecule has 0 saturated heterocycles. The van der Waals surface area contributed by atoms with Gasteiger partial charge in [-0.25, -0.2) is 4.90 Å². The fourth-order valence-corrected chi connectivity index (χ4v) is 2.84. The van der Waals surface area contributed by atoms with Crippen molar-refractivity contribution in [3.8, 4) is 5.75 Å². The highest BCUT2D eigenvalue weighted by molar-refractivity contribution is 6.35. The molecule has 0 spiro atoms. The van der Waals surface area contributed by atoms with Crippen LogP contribution in [0.3, 0.4) is 0 Å². The SMILES string of the molecule is COc1cccc2c1C(=O)N(c1cnc3ccccc3c1)C2=O. The van der Waals surface area contributed by atoms with Crippen molar-refractivity contribution in [2.45, 2.75) is 0 Å². The van der Waals surface area contributed by atoms with Crippen molar-refractivity contribution >= 4 is 28.4 Å². The van der Waals surface area contributed by atoms with Crippen LogP contribution in [0, 0.1) is 0 Å². The number of carbonyl (C=O) groups excluding carboxylic acids is 2. The number of fused-ring (bicyclic) bond motifs is 2. The summed E-state index contributed by atoms with van der Waals surface area (Å²) in [5.41, 5.74) is 1.91. The zero-order chi connectivity index (χ0) is 16.0. The topological polar surface area (TPSA) is 59.5 Å². The average Bonchev–Trinajstić information content (AvgIpc) is 2.85. The van der Waals surface area contributed by atoms with E-state index in [1.165, 1.54) is 13.3 Å². The van der Waals surface area contributed by atoms with Gasteiger partial charge in [0, 0.05) is 5.39 Å². The van der Waals surface area contributed by atoms with E-state index in [9.17, 15) is 9.59 Å². The van der Waals surface area contributed by atoms with E-state index in [1.807, 2.05) is 24.3 Å². The second-order valence-electron chi connectivity index (χ2n) is 5.21. The third kappa shape index (κ3) is 1.90. The summed E-state index contributed by atoms with van der Waals surface area (Å²) in [6.45, 7) is 0. The highest BCUT2D eigenvalue weighted by Crippen LogP contribution is 2.34. The highest BCUT2D eigenvalue weighted by Gasteiger charge is 2.39. The number of anilines is 1. The van der Waals surface area contributed by atoms with Crippen LogP contribution in [-0.2, 0) is 0 Å². The number of hydrogen-bond acceptors (Lipinski definition) is 4. The van der Waals surface area contributed by atoms with E-state index < -0.39 is 0 Å². The van der Waals surface area contributed by atoms with Crippen molar-refractivity contribution in [2.24, 2.45) is 0 Å². The van der Waals surface area contributed by atoms with E-state index in [1.54, 1.807) is 24.3 Å². The van der Waals surface area contributed by atoms with Crippen LogP contribution in [0.15, 0.2) is 54.7 Å². The van der Waals surface area contributed by atoms with Crippen LogP contribution < -0.4 is 9.64 Å². The molecule has 0 bridgehead atoms. The van der Waals surface area contributed by atoms with Crippen LogP contribution in [0.5, 0.6) is 5.75 Å². The minimum absolute atomic E-state index is 0.299. The molecule has 2 amide bonds. The summed E-state index contributed by atoms with van der Waals surface area (Å²) in [6.07, 6.45) is 1.54. The first-order valence-corrected chi connectivity index (χ1v) is 7.11. The lowest BCUT2D eigenvalue weighted by Crippen LogP contribution is -2.29. The maximum atomic E-state index is 12.7. The molecule has 2 heterocycles. The molecule has 5 heteroatoms. The second-order valence-corrected chi connectivity index (χ2v) is 5.21.